The molecule has 1 aliphatic rings. The topological polar surface area (TPSA) is 76.2 Å². The minimum atomic E-state index is -3.59. The lowest BCUT2D eigenvalue weighted by Gasteiger charge is -2.33. The molecule has 32 heavy (non-hydrogen) atoms. The fraction of sp³-hybridized carbons (Fsp3) is 0.318. The summed E-state index contributed by atoms with van der Waals surface area (Å²) in [7, 11) is -3.59. The Hall–Kier alpha value is -2.98. The van der Waals surface area contributed by atoms with Crippen LogP contribution >= 0.6 is 0 Å². The lowest BCUT2D eigenvalue weighted by Crippen LogP contribution is -2.50. The molecule has 0 saturated carbocycles. The first kappa shape index (κ1) is 23.7. The first-order valence-corrected chi connectivity index (χ1v) is 11.5. The molecule has 1 aliphatic heterocycles. The zero-order valence-electron chi connectivity index (χ0n) is 17.5. The molecule has 0 bridgehead atoms. The lowest BCUT2D eigenvalue weighted by atomic mass is 10.2. The van der Waals surface area contributed by atoms with Crippen molar-refractivity contribution in [1.82, 2.24) is 9.21 Å². The lowest BCUT2D eigenvalue weighted by molar-refractivity contribution is -0.127. The Bertz CT molecular complexity index is 1050. The van der Waals surface area contributed by atoms with Gasteiger partial charge in [0, 0.05) is 32.3 Å². The van der Waals surface area contributed by atoms with Crippen molar-refractivity contribution in [2.24, 2.45) is 0 Å². The van der Waals surface area contributed by atoms with Gasteiger partial charge in [0.15, 0.2) is 11.5 Å². The van der Waals surface area contributed by atoms with Gasteiger partial charge in [-0.15, -0.1) is 0 Å². The molecular weight excluding hydrogens is 442 g/mol. The molecule has 0 aliphatic carbocycles. The van der Waals surface area contributed by atoms with E-state index in [0.717, 1.165) is 0 Å². The quantitative estimate of drug-likeness (QED) is 0.559. The predicted molar refractivity (Wildman–Crippen MR) is 115 cm³/mol. The highest BCUT2D eigenvalue weighted by Gasteiger charge is 2.29. The van der Waals surface area contributed by atoms with Crippen molar-refractivity contribution in [3.05, 3.63) is 60.2 Å². The van der Waals surface area contributed by atoms with Gasteiger partial charge >= 0.3 is 6.61 Å². The molecule has 1 saturated heterocycles. The van der Waals surface area contributed by atoms with Crippen molar-refractivity contribution in [3.8, 4) is 11.5 Å². The third kappa shape index (κ3) is 5.83. The molecule has 0 radical (unpaired) electrons. The van der Waals surface area contributed by atoms with E-state index in [1.807, 2.05) is 0 Å². The van der Waals surface area contributed by atoms with Crippen LogP contribution in [-0.4, -0.2) is 62.9 Å². The monoisotopic (exact) mass is 466 g/mol. The summed E-state index contributed by atoms with van der Waals surface area (Å²) in [5, 5.41) is 0. The zero-order valence-corrected chi connectivity index (χ0v) is 18.3. The standard InChI is InChI=1S/C22H24F2N2O5S/c1-2-30-20-16-17(8-10-19(20)31-22(23)24)9-11-21(27)25-12-14-26(15-13-25)32(28,29)18-6-4-3-5-7-18/h3-11,16,22H,2,12-15H2,1H3/b11-9+. The van der Waals surface area contributed by atoms with E-state index in [1.165, 1.54) is 28.6 Å². The highest BCUT2D eigenvalue weighted by molar-refractivity contribution is 7.89. The molecule has 0 N–H and O–H groups in total. The van der Waals surface area contributed by atoms with Crippen molar-refractivity contribution in [1.29, 1.82) is 0 Å². The number of hydrogen-bond acceptors (Lipinski definition) is 5. The highest BCUT2D eigenvalue weighted by Crippen LogP contribution is 2.30. The summed E-state index contributed by atoms with van der Waals surface area (Å²) >= 11 is 0. The van der Waals surface area contributed by atoms with E-state index >= 15 is 0 Å². The number of carbonyl (C=O) groups excluding carboxylic acids is 1. The molecule has 0 unspecified atom stereocenters. The molecule has 0 atom stereocenters. The Kier molecular flexibility index (Phi) is 7.81. The van der Waals surface area contributed by atoms with Crippen LogP contribution in [0.4, 0.5) is 8.78 Å². The first-order valence-electron chi connectivity index (χ1n) is 10.0. The molecule has 3 rings (SSSR count). The summed E-state index contributed by atoms with van der Waals surface area (Å²) < 4.78 is 61.5. The van der Waals surface area contributed by atoms with E-state index in [0.29, 0.717) is 5.56 Å². The van der Waals surface area contributed by atoms with Gasteiger partial charge in [-0.25, -0.2) is 8.42 Å². The van der Waals surface area contributed by atoms with Gasteiger partial charge in [0.05, 0.1) is 11.5 Å². The fourth-order valence-electron chi connectivity index (χ4n) is 3.25. The third-order valence-electron chi connectivity index (χ3n) is 4.83. The second-order valence-electron chi connectivity index (χ2n) is 6.89. The molecule has 172 valence electrons. The Labute approximate surface area is 185 Å². The van der Waals surface area contributed by atoms with E-state index in [-0.39, 0.29) is 55.1 Å². The third-order valence-corrected chi connectivity index (χ3v) is 6.75. The number of alkyl halides is 2. The van der Waals surface area contributed by atoms with Crippen molar-refractivity contribution >= 4 is 22.0 Å². The van der Waals surface area contributed by atoms with E-state index < -0.39 is 16.6 Å². The Morgan fingerprint density at radius 1 is 1.06 bits per heavy atom. The van der Waals surface area contributed by atoms with E-state index in [9.17, 15) is 22.0 Å². The number of ether oxygens (including phenoxy) is 2. The number of rotatable bonds is 8. The van der Waals surface area contributed by atoms with Crippen LogP contribution in [0.15, 0.2) is 59.5 Å². The highest BCUT2D eigenvalue weighted by atomic mass is 32.2. The largest absolute Gasteiger partial charge is 0.490 e. The van der Waals surface area contributed by atoms with Crippen LogP contribution in [0, 0.1) is 0 Å². The van der Waals surface area contributed by atoms with E-state index in [4.69, 9.17) is 4.74 Å². The van der Waals surface area contributed by atoms with Gasteiger partial charge in [-0.3, -0.25) is 4.79 Å². The minimum absolute atomic E-state index is 0.0823. The van der Waals surface area contributed by atoms with Gasteiger partial charge in [0.1, 0.15) is 0 Å². The Morgan fingerprint density at radius 3 is 2.38 bits per heavy atom. The number of piperazine rings is 1. The molecule has 1 amide bonds. The Balaban J connectivity index is 1.62. The van der Waals surface area contributed by atoms with Crippen LogP contribution in [0.5, 0.6) is 11.5 Å². The van der Waals surface area contributed by atoms with Gasteiger partial charge in [0.2, 0.25) is 15.9 Å². The molecule has 0 aromatic heterocycles. The molecule has 10 heteroatoms. The van der Waals surface area contributed by atoms with Gasteiger partial charge in [-0.05, 0) is 42.8 Å². The van der Waals surface area contributed by atoms with E-state index in [2.05, 4.69) is 4.74 Å². The number of hydrogen-bond donors (Lipinski definition) is 0. The van der Waals surface area contributed by atoms with Gasteiger partial charge in [-0.1, -0.05) is 24.3 Å². The SMILES string of the molecule is CCOc1cc(/C=C/C(=O)N2CCN(S(=O)(=O)c3ccccc3)CC2)ccc1OC(F)F. The maximum atomic E-state index is 12.7. The van der Waals surface area contributed by atoms with Gasteiger partial charge in [0.25, 0.3) is 0 Å². The van der Waals surface area contributed by atoms with Crippen molar-refractivity contribution in [3.63, 3.8) is 0 Å². The van der Waals surface area contributed by atoms with Gasteiger partial charge in [-0.2, -0.15) is 13.1 Å². The van der Waals surface area contributed by atoms with Crippen molar-refractivity contribution < 1.29 is 31.5 Å². The zero-order chi connectivity index (χ0) is 23.1. The van der Waals surface area contributed by atoms with Crippen LogP contribution in [0.3, 0.4) is 0 Å². The van der Waals surface area contributed by atoms with Crippen LogP contribution < -0.4 is 9.47 Å². The second-order valence-corrected chi connectivity index (χ2v) is 8.83. The minimum Gasteiger partial charge on any atom is -0.490 e. The van der Waals surface area contributed by atoms with Crippen LogP contribution in [0.25, 0.3) is 6.08 Å². The van der Waals surface area contributed by atoms with Crippen molar-refractivity contribution in [2.45, 2.75) is 18.4 Å². The van der Waals surface area contributed by atoms with E-state index in [1.54, 1.807) is 48.2 Å². The summed E-state index contributed by atoms with van der Waals surface area (Å²) in [4.78, 5) is 14.3. The smallest absolute Gasteiger partial charge is 0.387 e. The average molecular weight is 467 g/mol. The number of nitrogens with zero attached hydrogens (tertiary/aromatic N) is 2. The molecule has 2 aromatic rings. The number of halogens is 2. The summed E-state index contributed by atoms with van der Waals surface area (Å²) in [5.41, 5.74) is 0.578. The maximum absolute atomic E-state index is 12.7. The molecule has 0 spiro atoms. The normalized spacial score (nSPS) is 15.3. The summed E-state index contributed by atoms with van der Waals surface area (Å²) in [6, 6.07) is 12.6. The summed E-state index contributed by atoms with van der Waals surface area (Å²) in [5.74, 6) is -0.198. The Morgan fingerprint density at radius 2 is 1.75 bits per heavy atom. The van der Waals surface area contributed by atoms with Crippen LogP contribution in [0.1, 0.15) is 12.5 Å². The summed E-state index contributed by atoms with van der Waals surface area (Å²) in [6.45, 7) is -0.0593. The number of sulfonamides is 1. The van der Waals surface area contributed by atoms with Crippen LogP contribution in [-0.2, 0) is 14.8 Å². The first-order chi connectivity index (χ1) is 15.3. The maximum Gasteiger partial charge on any atom is 0.387 e. The molecule has 1 fully saturated rings. The molecular formula is C22H24F2N2O5S. The fourth-order valence-corrected chi connectivity index (χ4v) is 4.70. The number of amides is 1. The molecule has 7 nitrogen and oxygen atoms in total. The molecule has 1 heterocycles. The van der Waals surface area contributed by atoms with Gasteiger partial charge < -0.3 is 14.4 Å². The van der Waals surface area contributed by atoms with Crippen LogP contribution in [0.2, 0.25) is 0 Å². The average Bonchev–Trinajstić information content (AvgIpc) is 2.79. The number of carbonyl (C=O) groups is 1. The number of benzene rings is 2. The van der Waals surface area contributed by atoms with Crippen molar-refractivity contribution in [2.75, 3.05) is 32.8 Å². The second kappa shape index (κ2) is 10.6. The molecule has 2 aromatic carbocycles. The predicted octanol–water partition coefficient (Wildman–Crippen LogP) is 3.23. The summed E-state index contributed by atoms with van der Waals surface area (Å²) in [6.07, 6.45) is 2.91.